The number of hydrogen-bond donors (Lipinski definition) is 1. The van der Waals surface area contributed by atoms with Crippen LogP contribution in [0.3, 0.4) is 0 Å². The lowest BCUT2D eigenvalue weighted by Gasteiger charge is -2.27. The van der Waals surface area contributed by atoms with Crippen LogP contribution in [0.5, 0.6) is 0 Å². The number of benzene rings is 2. The Bertz CT molecular complexity index is 902. The fourth-order valence-corrected chi connectivity index (χ4v) is 3.99. The molecule has 0 aliphatic rings. The first kappa shape index (κ1) is 29.3. The Labute approximate surface area is 217 Å². The minimum Gasteiger partial charge on any atom is -0.467 e. The van der Waals surface area contributed by atoms with Gasteiger partial charge in [0.25, 0.3) is 0 Å². The van der Waals surface area contributed by atoms with Crippen molar-refractivity contribution in [3.63, 3.8) is 0 Å². The molecule has 8 nitrogen and oxygen atoms in total. The monoisotopic (exact) mass is 545 g/mol. The first-order chi connectivity index (χ1) is 16.5. The zero-order valence-electron chi connectivity index (χ0n) is 20.2. The number of ether oxygens (including phenoxy) is 2. The SMILES string of the molecule is COC(=O)[C@@H](NC(=O)OC(C)(C)C)[C@@H](C)OP(OCc1ccc(Cl)cc1)OCc1ccc(Cl)cc1. The highest BCUT2D eigenvalue weighted by atomic mass is 35.5. The number of alkyl carbamates (subject to hydrolysis) is 1. The number of hydrogen-bond acceptors (Lipinski definition) is 7. The largest absolute Gasteiger partial charge is 0.467 e. The van der Waals surface area contributed by atoms with Crippen LogP contribution in [0.25, 0.3) is 0 Å². The smallest absolute Gasteiger partial charge is 0.408 e. The predicted molar refractivity (Wildman–Crippen MR) is 135 cm³/mol. The van der Waals surface area contributed by atoms with E-state index in [1.165, 1.54) is 7.11 Å². The summed E-state index contributed by atoms with van der Waals surface area (Å²) in [5.41, 5.74) is 0.958. The Morgan fingerprint density at radius 3 is 1.77 bits per heavy atom. The van der Waals surface area contributed by atoms with E-state index in [1.54, 1.807) is 52.0 Å². The normalized spacial score (nSPS) is 13.3. The maximum absolute atomic E-state index is 12.4. The standard InChI is InChI=1S/C24H30Cl2NO7P/c1-16(21(22(28)30-5)27-23(29)33-24(2,3)4)34-35(31-14-17-6-10-19(25)11-7-17)32-15-18-8-12-20(26)13-9-18/h6-13,16,21H,14-15H2,1-5H3,(H,27,29)/t16-,21+/m1/s1. The van der Waals surface area contributed by atoms with Crippen molar-refractivity contribution in [2.45, 2.75) is 58.7 Å². The Morgan fingerprint density at radius 1 is 0.914 bits per heavy atom. The number of amides is 1. The fraction of sp³-hybridized carbons (Fsp3) is 0.417. The zero-order valence-corrected chi connectivity index (χ0v) is 22.7. The van der Waals surface area contributed by atoms with Crippen LogP contribution in [-0.2, 0) is 41.1 Å². The average Bonchev–Trinajstić information content (AvgIpc) is 2.79. The van der Waals surface area contributed by atoms with E-state index in [1.807, 2.05) is 24.3 Å². The van der Waals surface area contributed by atoms with Gasteiger partial charge >= 0.3 is 20.7 Å². The van der Waals surface area contributed by atoms with E-state index >= 15 is 0 Å². The molecule has 0 fully saturated rings. The van der Waals surface area contributed by atoms with Gasteiger partial charge in [-0.25, -0.2) is 9.59 Å². The van der Waals surface area contributed by atoms with E-state index in [4.69, 9.17) is 46.2 Å². The Hall–Kier alpha value is -1.93. The molecule has 0 saturated carbocycles. The molecule has 0 radical (unpaired) electrons. The topological polar surface area (TPSA) is 92.3 Å². The van der Waals surface area contributed by atoms with Crippen LogP contribution < -0.4 is 5.32 Å². The van der Waals surface area contributed by atoms with Crippen LogP contribution in [0.4, 0.5) is 4.79 Å². The van der Waals surface area contributed by atoms with Crippen LogP contribution in [-0.4, -0.2) is 36.9 Å². The highest BCUT2D eigenvalue weighted by Crippen LogP contribution is 2.43. The first-order valence-corrected chi connectivity index (χ1v) is 12.6. The molecule has 0 aliphatic carbocycles. The molecule has 11 heteroatoms. The second kappa shape index (κ2) is 14.0. The summed E-state index contributed by atoms with van der Waals surface area (Å²) < 4.78 is 27.8. The highest BCUT2D eigenvalue weighted by Gasteiger charge is 2.33. The lowest BCUT2D eigenvalue weighted by atomic mass is 10.2. The molecule has 2 rings (SSSR count). The molecule has 0 heterocycles. The molecular weight excluding hydrogens is 516 g/mol. The third kappa shape index (κ3) is 11.1. The summed E-state index contributed by atoms with van der Waals surface area (Å²) in [6.07, 6.45) is -1.65. The van der Waals surface area contributed by atoms with Crippen molar-refractivity contribution in [3.05, 3.63) is 69.7 Å². The van der Waals surface area contributed by atoms with E-state index in [2.05, 4.69) is 5.32 Å². The second-order valence-corrected chi connectivity index (χ2v) is 10.5. The number of methoxy groups -OCH3 is 1. The average molecular weight is 546 g/mol. The van der Waals surface area contributed by atoms with Gasteiger partial charge in [-0.2, -0.15) is 0 Å². The molecule has 0 unspecified atom stereocenters. The van der Waals surface area contributed by atoms with Crippen LogP contribution in [0.15, 0.2) is 48.5 Å². The Morgan fingerprint density at radius 2 is 1.37 bits per heavy atom. The van der Waals surface area contributed by atoms with E-state index in [-0.39, 0.29) is 13.2 Å². The van der Waals surface area contributed by atoms with Crippen LogP contribution in [0, 0.1) is 0 Å². The summed E-state index contributed by atoms with van der Waals surface area (Å²) in [4.78, 5) is 24.7. The Balaban J connectivity index is 2.11. The summed E-state index contributed by atoms with van der Waals surface area (Å²) in [5.74, 6) is -0.700. The maximum atomic E-state index is 12.4. The molecule has 0 bridgehead atoms. The van der Waals surface area contributed by atoms with Gasteiger partial charge in [-0.1, -0.05) is 47.5 Å². The van der Waals surface area contributed by atoms with Crippen molar-refractivity contribution in [1.29, 1.82) is 0 Å². The van der Waals surface area contributed by atoms with Gasteiger partial charge in [0.2, 0.25) is 0 Å². The quantitative estimate of drug-likeness (QED) is 0.257. The number of nitrogens with one attached hydrogen (secondary N) is 1. The van der Waals surface area contributed by atoms with Gasteiger partial charge in [-0.15, -0.1) is 0 Å². The van der Waals surface area contributed by atoms with Gasteiger partial charge in [0.05, 0.1) is 26.4 Å². The number of esters is 1. The molecule has 0 aliphatic heterocycles. The van der Waals surface area contributed by atoms with Gasteiger partial charge in [0.15, 0.2) is 6.04 Å². The third-order valence-electron chi connectivity index (χ3n) is 4.35. The summed E-state index contributed by atoms with van der Waals surface area (Å²) in [6, 6.07) is 13.1. The number of halogens is 2. The molecule has 1 N–H and O–H groups in total. The van der Waals surface area contributed by atoms with E-state index in [9.17, 15) is 9.59 Å². The first-order valence-electron chi connectivity index (χ1n) is 10.8. The summed E-state index contributed by atoms with van der Waals surface area (Å²) in [6.45, 7) is 7.11. The lowest BCUT2D eigenvalue weighted by Crippen LogP contribution is -2.50. The van der Waals surface area contributed by atoms with Crippen LogP contribution >= 0.6 is 31.8 Å². The lowest BCUT2D eigenvalue weighted by molar-refractivity contribution is -0.145. The van der Waals surface area contributed by atoms with Crippen LogP contribution in [0.1, 0.15) is 38.8 Å². The number of rotatable bonds is 11. The predicted octanol–water partition coefficient (Wildman–Crippen LogP) is 6.43. The molecule has 2 aromatic rings. The van der Waals surface area contributed by atoms with Crippen molar-refractivity contribution in [2.75, 3.05) is 7.11 Å². The fourth-order valence-electron chi connectivity index (χ4n) is 2.64. The molecule has 0 saturated heterocycles. The highest BCUT2D eigenvalue weighted by molar-refractivity contribution is 7.41. The van der Waals surface area contributed by atoms with E-state index in [0.717, 1.165) is 11.1 Å². The summed E-state index contributed by atoms with van der Waals surface area (Å²) in [7, 11) is -0.725. The van der Waals surface area contributed by atoms with E-state index in [0.29, 0.717) is 10.0 Å². The number of carbonyl (C=O) groups is 2. The summed E-state index contributed by atoms with van der Waals surface area (Å²) >= 11 is 11.9. The third-order valence-corrected chi connectivity index (χ3v) is 6.04. The van der Waals surface area contributed by atoms with Gasteiger partial charge in [0, 0.05) is 10.0 Å². The maximum Gasteiger partial charge on any atom is 0.408 e. The summed E-state index contributed by atoms with van der Waals surface area (Å²) in [5, 5.41) is 3.71. The molecule has 35 heavy (non-hydrogen) atoms. The van der Waals surface area contributed by atoms with Gasteiger partial charge in [0.1, 0.15) is 5.60 Å². The van der Waals surface area contributed by atoms with Gasteiger partial charge in [-0.3, -0.25) is 0 Å². The molecule has 0 spiro atoms. The van der Waals surface area contributed by atoms with E-state index < -0.39 is 38.4 Å². The van der Waals surface area contributed by atoms with Crippen molar-refractivity contribution in [1.82, 2.24) is 5.32 Å². The van der Waals surface area contributed by atoms with Crippen molar-refractivity contribution < 1.29 is 32.6 Å². The minimum atomic E-state index is -1.94. The Kier molecular flexibility index (Phi) is 11.7. The van der Waals surface area contributed by atoms with Crippen molar-refractivity contribution in [2.24, 2.45) is 0 Å². The molecule has 2 aromatic carbocycles. The minimum absolute atomic E-state index is 0.179. The van der Waals surface area contributed by atoms with Crippen molar-refractivity contribution >= 4 is 43.9 Å². The van der Waals surface area contributed by atoms with Crippen molar-refractivity contribution in [3.8, 4) is 0 Å². The molecule has 2 atom stereocenters. The second-order valence-electron chi connectivity index (χ2n) is 8.48. The number of carbonyl (C=O) groups excluding carboxylic acids is 2. The molecule has 1 amide bonds. The van der Waals surface area contributed by atoms with Crippen LogP contribution in [0.2, 0.25) is 10.0 Å². The zero-order chi connectivity index (χ0) is 26.0. The van der Waals surface area contributed by atoms with Gasteiger partial charge < -0.3 is 28.4 Å². The molecule has 0 aromatic heterocycles. The molecular formula is C24H30Cl2NO7P. The van der Waals surface area contributed by atoms with Gasteiger partial charge in [-0.05, 0) is 63.1 Å². The molecule has 192 valence electrons.